The van der Waals surface area contributed by atoms with Crippen molar-refractivity contribution in [2.24, 2.45) is 5.73 Å². The van der Waals surface area contributed by atoms with Crippen LogP contribution >= 0.6 is 0 Å². The van der Waals surface area contributed by atoms with Gasteiger partial charge in [0.05, 0.1) is 6.61 Å². The summed E-state index contributed by atoms with van der Waals surface area (Å²) in [5, 5.41) is 4.41. The highest BCUT2D eigenvalue weighted by Gasteiger charge is 2.37. The molecule has 15 heavy (non-hydrogen) atoms. The van der Waals surface area contributed by atoms with E-state index in [9.17, 15) is 0 Å². The first-order chi connectivity index (χ1) is 7.25. The molecule has 3 rings (SSSR count). The third-order valence-electron chi connectivity index (χ3n) is 3.17. The highest BCUT2D eigenvalue weighted by molar-refractivity contribution is 5.04. The van der Waals surface area contributed by atoms with Crippen molar-refractivity contribution in [3.8, 4) is 6.01 Å². The number of nitrogens with zero attached hydrogens (tertiary/aromatic N) is 3. The van der Waals surface area contributed by atoms with Crippen molar-refractivity contribution >= 4 is 0 Å². The summed E-state index contributed by atoms with van der Waals surface area (Å²) in [6, 6.07) is 0.679. The third kappa shape index (κ3) is 1.84. The Balaban J connectivity index is 1.67. The van der Waals surface area contributed by atoms with Crippen LogP contribution in [0.5, 0.6) is 6.01 Å². The molecule has 1 aliphatic heterocycles. The van der Waals surface area contributed by atoms with Crippen LogP contribution < -0.4 is 10.5 Å². The quantitative estimate of drug-likeness (QED) is 0.784. The van der Waals surface area contributed by atoms with Crippen LogP contribution in [0, 0.1) is 0 Å². The maximum absolute atomic E-state index is 6.02. The maximum Gasteiger partial charge on any atom is 0.315 e. The molecule has 5 nitrogen and oxygen atoms in total. The summed E-state index contributed by atoms with van der Waals surface area (Å²) in [4.78, 5) is 4.36. The van der Waals surface area contributed by atoms with Gasteiger partial charge in [0.2, 0.25) is 0 Å². The van der Waals surface area contributed by atoms with Crippen LogP contribution in [0.2, 0.25) is 0 Å². The monoisotopic (exact) mass is 208 g/mol. The Bertz CT molecular complexity index is 346. The Morgan fingerprint density at radius 2 is 2.33 bits per heavy atom. The van der Waals surface area contributed by atoms with Gasteiger partial charge in [0.25, 0.3) is 0 Å². The van der Waals surface area contributed by atoms with Gasteiger partial charge in [-0.2, -0.15) is 10.1 Å². The molecule has 0 unspecified atom stereocenters. The zero-order valence-corrected chi connectivity index (χ0v) is 8.78. The molecule has 0 aromatic carbocycles. The average molecular weight is 208 g/mol. The second-order valence-electron chi connectivity index (χ2n) is 4.60. The van der Waals surface area contributed by atoms with Gasteiger partial charge < -0.3 is 10.5 Å². The fourth-order valence-electron chi connectivity index (χ4n) is 1.88. The Morgan fingerprint density at radius 3 is 3.07 bits per heavy atom. The van der Waals surface area contributed by atoms with E-state index in [0.29, 0.717) is 6.01 Å². The van der Waals surface area contributed by atoms with E-state index >= 15 is 0 Å². The Morgan fingerprint density at radius 1 is 1.47 bits per heavy atom. The number of aromatic nitrogens is 3. The molecule has 0 atom stereocenters. The largest absolute Gasteiger partial charge is 0.464 e. The van der Waals surface area contributed by atoms with Gasteiger partial charge in [-0.25, -0.2) is 4.68 Å². The van der Waals surface area contributed by atoms with Gasteiger partial charge in [0.15, 0.2) is 5.82 Å². The molecule has 0 bridgehead atoms. The molecule has 0 amide bonds. The molecule has 1 aromatic rings. The minimum atomic E-state index is 0.0899. The van der Waals surface area contributed by atoms with Gasteiger partial charge >= 0.3 is 6.01 Å². The number of rotatable bonds is 3. The van der Waals surface area contributed by atoms with Crippen LogP contribution in [-0.4, -0.2) is 26.9 Å². The zero-order valence-electron chi connectivity index (χ0n) is 8.78. The van der Waals surface area contributed by atoms with Crippen molar-refractivity contribution in [2.75, 3.05) is 6.61 Å². The minimum Gasteiger partial charge on any atom is -0.464 e. The van der Waals surface area contributed by atoms with E-state index in [1.54, 1.807) is 0 Å². The van der Waals surface area contributed by atoms with E-state index in [4.69, 9.17) is 10.5 Å². The molecule has 1 fully saturated rings. The third-order valence-corrected chi connectivity index (χ3v) is 3.17. The van der Waals surface area contributed by atoms with Crippen molar-refractivity contribution in [2.45, 2.75) is 44.2 Å². The smallest absolute Gasteiger partial charge is 0.315 e. The molecule has 0 spiro atoms. The van der Waals surface area contributed by atoms with Crippen molar-refractivity contribution in [1.29, 1.82) is 0 Å². The summed E-state index contributed by atoms with van der Waals surface area (Å²) >= 11 is 0. The molecule has 0 saturated heterocycles. The van der Waals surface area contributed by atoms with E-state index in [1.165, 1.54) is 0 Å². The molecule has 1 saturated carbocycles. The van der Waals surface area contributed by atoms with E-state index in [0.717, 1.165) is 51.1 Å². The maximum atomic E-state index is 6.02. The number of ether oxygens (including phenoxy) is 1. The van der Waals surface area contributed by atoms with Gasteiger partial charge in [-0.1, -0.05) is 0 Å². The second-order valence-corrected chi connectivity index (χ2v) is 4.60. The lowest BCUT2D eigenvalue weighted by molar-refractivity contribution is 0.221. The fraction of sp³-hybridized carbons (Fsp3) is 0.800. The summed E-state index contributed by atoms with van der Waals surface area (Å²) in [5.74, 6) is 0.878. The molecule has 2 aliphatic rings. The lowest BCUT2D eigenvalue weighted by Gasteiger charge is -2.11. The molecule has 2 heterocycles. The Kier molecular flexibility index (Phi) is 1.95. The van der Waals surface area contributed by atoms with Crippen molar-refractivity contribution < 1.29 is 4.74 Å². The predicted octanol–water partition coefficient (Wildman–Crippen LogP) is 0.484. The first-order valence-corrected chi connectivity index (χ1v) is 5.61. The highest BCUT2D eigenvalue weighted by atomic mass is 16.5. The van der Waals surface area contributed by atoms with Gasteiger partial charge in [0.1, 0.15) is 0 Å². The van der Waals surface area contributed by atoms with E-state index in [1.807, 2.05) is 4.68 Å². The standard InChI is InChI=1S/C10H16N4O/c11-10(4-5-10)3-2-8-12-9-14(13-8)6-1-7-15-9/h1-7,11H2. The SMILES string of the molecule is NC1(CCc2nc3n(n2)CCCO3)CC1. The number of hydrogen-bond acceptors (Lipinski definition) is 4. The normalized spacial score (nSPS) is 21.9. The van der Waals surface area contributed by atoms with Crippen LogP contribution in [0.1, 0.15) is 31.5 Å². The second kappa shape index (κ2) is 3.20. The summed E-state index contributed by atoms with van der Waals surface area (Å²) in [6.45, 7) is 1.69. The summed E-state index contributed by atoms with van der Waals surface area (Å²) < 4.78 is 7.27. The Hall–Kier alpha value is -1.10. The minimum absolute atomic E-state index is 0.0899. The molecule has 82 valence electrons. The predicted molar refractivity (Wildman–Crippen MR) is 54.6 cm³/mol. The van der Waals surface area contributed by atoms with E-state index in [-0.39, 0.29) is 5.54 Å². The molecular weight excluding hydrogens is 192 g/mol. The van der Waals surface area contributed by atoms with Crippen molar-refractivity contribution in [3.63, 3.8) is 0 Å². The lowest BCUT2D eigenvalue weighted by Crippen LogP contribution is -2.22. The van der Waals surface area contributed by atoms with Crippen LogP contribution in [0.4, 0.5) is 0 Å². The number of hydrogen-bond donors (Lipinski definition) is 1. The fourth-order valence-corrected chi connectivity index (χ4v) is 1.88. The Labute approximate surface area is 88.6 Å². The molecule has 5 heteroatoms. The zero-order chi connectivity index (χ0) is 10.3. The van der Waals surface area contributed by atoms with Gasteiger partial charge in [-0.15, -0.1) is 0 Å². The number of fused-ring (bicyclic) bond motifs is 1. The average Bonchev–Trinajstić information content (AvgIpc) is 2.83. The molecular formula is C10H16N4O. The van der Waals surface area contributed by atoms with Crippen LogP contribution in [0.3, 0.4) is 0 Å². The van der Waals surface area contributed by atoms with E-state index < -0.39 is 0 Å². The lowest BCUT2D eigenvalue weighted by atomic mass is 10.1. The van der Waals surface area contributed by atoms with Crippen molar-refractivity contribution in [3.05, 3.63) is 5.82 Å². The van der Waals surface area contributed by atoms with Gasteiger partial charge in [-0.3, -0.25) is 0 Å². The van der Waals surface area contributed by atoms with Gasteiger partial charge in [0, 0.05) is 24.9 Å². The van der Waals surface area contributed by atoms with Crippen molar-refractivity contribution in [1.82, 2.24) is 14.8 Å². The van der Waals surface area contributed by atoms with E-state index in [2.05, 4.69) is 10.1 Å². The number of aryl methyl sites for hydroxylation is 2. The van der Waals surface area contributed by atoms with Crippen LogP contribution in [0.15, 0.2) is 0 Å². The first-order valence-electron chi connectivity index (χ1n) is 5.61. The first kappa shape index (κ1) is 9.15. The summed E-state index contributed by atoms with van der Waals surface area (Å²) in [6.07, 6.45) is 5.20. The molecule has 1 aliphatic carbocycles. The van der Waals surface area contributed by atoms with Gasteiger partial charge in [-0.05, 0) is 19.3 Å². The summed E-state index contributed by atoms with van der Waals surface area (Å²) in [5.41, 5.74) is 6.11. The molecule has 0 radical (unpaired) electrons. The topological polar surface area (TPSA) is 66.0 Å². The molecule has 1 aromatic heterocycles. The van der Waals surface area contributed by atoms with Crippen LogP contribution in [-0.2, 0) is 13.0 Å². The van der Waals surface area contributed by atoms with Crippen LogP contribution in [0.25, 0.3) is 0 Å². The number of nitrogens with two attached hydrogens (primary N) is 1. The summed E-state index contributed by atoms with van der Waals surface area (Å²) in [7, 11) is 0. The molecule has 2 N–H and O–H groups in total. The highest BCUT2D eigenvalue weighted by Crippen LogP contribution is 2.36.